The molecular formula is C21H21F2N3O4S. The molecule has 0 radical (unpaired) electrons. The predicted octanol–water partition coefficient (Wildman–Crippen LogP) is 3.21. The first kappa shape index (κ1) is 22.7. The van der Waals surface area contributed by atoms with Gasteiger partial charge in [0.15, 0.2) is 0 Å². The van der Waals surface area contributed by atoms with Crippen LogP contribution in [0.5, 0.6) is 0 Å². The molecule has 1 aliphatic rings. The van der Waals surface area contributed by atoms with Gasteiger partial charge in [0.1, 0.15) is 22.4 Å². The Labute approximate surface area is 178 Å². The minimum atomic E-state index is -3.84. The lowest BCUT2D eigenvalue weighted by atomic mass is 10.0. The van der Waals surface area contributed by atoms with Crippen LogP contribution in [0.15, 0.2) is 42.5 Å². The molecule has 1 saturated heterocycles. The zero-order valence-corrected chi connectivity index (χ0v) is 17.8. The van der Waals surface area contributed by atoms with E-state index >= 15 is 0 Å². The fraction of sp³-hybridized carbons (Fsp3) is 0.333. The minimum Gasteiger partial charge on any atom is -0.460 e. The lowest BCUT2D eigenvalue weighted by Crippen LogP contribution is -2.44. The first-order chi connectivity index (χ1) is 14.7. The number of nitrogens with zero attached hydrogens (tertiary/aromatic N) is 3. The molecule has 0 unspecified atom stereocenters. The zero-order valence-electron chi connectivity index (χ0n) is 17.0. The van der Waals surface area contributed by atoms with Gasteiger partial charge in [-0.25, -0.2) is 22.0 Å². The normalized spacial score (nSPS) is 20.6. The van der Waals surface area contributed by atoms with Crippen molar-refractivity contribution < 1.29 is 31.5 Å². The Morgan fingerprint density at radius 2 is 1.87 bits per heavy atom. The summed E-state index contributed by atoms with van der Waals surface area (Å²) in [4.78, 5) is 14.3. The monoisotopic (exact) mass is 449 g/mol. The van der Waals surface area contributed by atoms with Gasteiger partial charge < -0.3 is 10.3 Å². The van der Waals surface area contributed by atoms with Gasteiger partial charge >= 0.3 is 11.7 Å². The third-order valence-corrected chi connectivity index (χ3v) is 7.76. The molecule has 0 aliphatic carbocycles. The Morgan fingerprint density at radius 1 is 1.19 bits per heavy atom. The van der Waals surface area contributed by atoms with E-state index < -0.39 is 50.2 Å². The van der Waals surface area contributed by atoms with Crippen molar-refractivity contribution in [1.82, 2.24) is 4.31 Å². The number of esters is 1. The number of carbonyl (C=O) groups excluding carboxylic acids is 1. The first-order valence-electron chi connectivity index (χ1n) is 9.55. The number of benzene rings is 2. The Kier molecular flexibility index (Phi) is 6.64. The van der Waals surface area contributed by atoms with E-state index in [1.54, 1.807) is 37.3 Å². The molecule has 0 aromatic heterocycles. The highest BCUT2D eigenvalue weighted by Gasteiger charge is 2.41. The molecule has 2 aromatic rings. The third kappa shape index (κ3) is 4.41. The predicted molar refractivity (Wildman–Crippen MR) is 108 cm³/mol. The smallest absolute Gasteiger partial charge is 0.422 e. The van der Waals surface area contributed by atoms with Gasteiger partial charge in [-0.15, -0.1) is 0 Å². The summed E-state index contributed by atoms with van der Waals surface area (Å²) in [5.41, 5.74) is 8.03. The molecule has 10 heteroatoms. The standard InChI is InChI=1S/C21H21F2N3O4S/c1-13-8-9-19(14-6-4-3-5-7-14)31(28,29)26(13)12-15-10-18(23)16(11-17(15)22)20(25-24)21(27)30-2/h3-7,10-11,13,19H,8-9,12H2,1-2H3/t13-,19+/m0/s1. The summed E-state index contributed by atoms with van der Waals surface area (Å²) in [6.45, 7) is 1.34. The summed E-state index contributed by atoms with van der Waals surface area (Å²) in [6, 6.07) is 9.83. The van der Waals surface area contributed by atoms with Gasteiger partial charge in [-0.2, -0.15) is 9.10 Å². The van der Waals surface area contributed by atoms with Gasteiger partial charge in [-0.05, 0) is 37.5 Å². The van der Waals surface area contributed by atoms with Crippen molar-refractivity contribution in [3.8, 4) is 0 Å². The Bertz CT molecular complexity index is 1150. The maximum Gasteiger partial charge on any atom is 0.422 e. The molecule has 1 aliphatic heterocycles. The van der Waals surface area contributed by atoms with E-state index in [0.29, 0.717) is 24.5 Å². The molecule has 0 amide bonds. The zero-order chi connectivity index (χ0) is 22.8. The number of halogens is 2. The molecule has 3 rings (SSSR count). The van der Waals surface area contributed by atoms with Crippen LogP contribution in [0.1, 0.15) is 41.7 Å². The highest BCUT2D eigenvalue weighted by atomic mass is 32.2. The molecule has 0 N–H and O–H groups in total. The Hall–Kier alpha value is -2.94. The average molecular weight is 449 g/mol. The van der Waals surface area contributed by atoms with E-state index in [2.05, 4.69) is 9.53 Å². The molecule has 2 aromatic carbocycles. The van der Waals surface area contributed by atoms with Crippen LogP contribution in [0.2, 0.25) is 0 Å². The van der Waals surface area contributed by atoms with Crippen molar-refractivity contribution in [2.75, 3.05) is 7.11 Å². The van der Waals surface area contributed by atoms with Gasteiger partial charge in [-0.3, -0.25) is 0 Å². The Morgan fingerprint density at radius 3 is 2.48 bits per heavy atom. The van der Waals surface area contributed by atoms with Crippen LogP contribution in [0, 0.1) is 11.6 Å². The van der Waals surface area contributed by atoms with Crippen molar-refractivity contribution in [2.45, 2.75) is 37.6 Å². The van der Waals surface area contributed by atoms with E-state index in [0.717, 1.165) is 13.2 Å². The van der Waals surface area contributed by atoms with E-state index in [1.807, 2.05) is 0 Å². The number of rotatable bonds is 5. The molecule has 1 heterocycles. The van der Waals surface area contributed by atoms with Gasteiger partial charge in [0.05, 0.1) is 7.11 Å². The molecule has 0 bridgehead atoms. The number of methoxy groups -OCH3 is 1. The SMILES string of the molecule is COC(=O)C(=[N+]=[N-])c1cc(F)c(CN2[C@@H](C)CC[C@H](c3ccccc3)S2(=O)=O)cc1F. The number of sulfonamides is 1. The molecule has 2 atom stereocenters. The average Bonchev–Trinajstić information content (AvgIpc) is 2.74. The number of ether oxygens (including phenoxy) is 1. The number of hydrogen-bond donors (Lipinski definition) is 0. The third-order valence-electron chi connectivity index (χ3n) is 5.39. The molecule has 0 spiro atoms. The van der Waals surface area contributed by atoms with Crippen LogP contribution in [0.3, 0.4) is 0 Å². The van der Waals surface area contributed by atoms with Gasteiger partial charge in [0.2, 0.25) is 10.0 Å². The minimum absolute atomic E-state index is 0.201. The van der Waals surface area contributed by atoms with Crippen molar-refractivity contribution in [2.24, 2.45) is 0 Å². The highest BCUT2D eigenvalue weighted by molar-refractivity contribution is 7.89. The largest absolute Gasteiger partial charge is 0.460 e. The van der Waals surface area contributed by atoms with Crippen LogP contribution in [0.25, 0.3) is 5.53 Å². The second kappa shape index (κ2) is 9.05. The quantitative estimate of drug-likeness (QED) is 0.303. The van der Waals surface area contributed by atoms with Crippen molar-refractivity contribution >= 4 is 21.7 Å². The van der Waals surface area contributed by atoms with E-state index in [9.17, 15) is 22.0 Å². The van der Waals surface area contributed by atoms with Crippen LogP contribution >= 0.6 is 0 Å². The second-order valence-electron chi connectivity index (χ2n) is 7.28. The molecule has 0 saturated carbocycles. The fourth-order valence-corrected chi connectivity index (χ4v) is 5.90. The topological polar surface area (TPSA) is 100 Å². The van der Waals surface area contributed by atoms with Gasteiger partial charge in [0, 0.05) is 18.2 Å². The van der Waals surface area contributed by atoms with E-state index in [-0.39, 0.29) is 12.1 Å². The summed E-state index contributed by atoms with van der Waals surface area (Å²) in [7, 11) is -2.83. The second-order valence-corrected chi connectivity index (χ2v) is 9.35. The molecule has 31 heavy (non-hydrogen) atoms. The summed E-state index contributed by atoms with van der Waals surface area (Å²) in [6.07, 6.45) is 0.986. The maximum absolute atomic E-state index is 14.8. The van der Waals surface area contributed by atoms with Gasteiger partial charge in [0.25, 0.3) is 0 Å². The summed E-state index contributed by atoms with van der Waals surface area (Å²) >= 11 is 0. The molecular weight excluding hydrogens is 428 g/mol. The fourth-order valence-electron chi connectivity index (χ4n) is 3.71. The lowest BCUT2D eigenvalue weighted by Gasteiger charge is -2.37. The first-order valence-corrected chi connectivity index (χ1v) is 11.0. The highest BCUT2D eigenvalue weighted by Crippen LogP contribution is 2.38. The van der Waals surface area contributed by atoms with Crippen LogP contribution in [-0.2, 0) is 26.1 Å². The van der Waals surface area contributed by atoms with Gasteiger partial charge in [-0.1, -0.05) is 30.3 Å². The van der Waals surface area contributed by atoms with Crippen LogP contribution in [0.4, 0.5) is 8.78 Å². The maximum atomic E-state index is 14.8. The number of carbonyl (C=O) groups is 1. The molecule has 164 valence electrons. The number of hydrogen-bond acceptors (Lipinski definition) is 4. The van der Waals surface area contributed by atoms with Crippen LogP contribution < -0.4 is 0 Å². The van der Waals surface area contributed by atoms with Crippen molar-refractivity contribution in [1.29, 1.82) is 0 Å². The summed E-state index contributed by atoms with van der Waals surface area (Å²) in [5.74, 6) is -3.13. The molecule has 1 fully saturated rings. The summed E-state index contributed by atoms with van der Waals surface area (Å²) < 4.78 is 61.5. The van der Waals surface area contributed by atoms with Crippen molar-refractivity contribution in [3.63, 3.8) is 0 Å². The van der Waals surface area contributed by atoms with Crippen molar-refractivity contribution in [3.05, 3.63) is 76.3 Å². The lowest BCUT2D eigenvalue weighted by molar-refractivity contribution is -0.137. The van der Waals surface area contributed by atoms with E-state index in [1.165, 1.54) is 4.31 Å². The summed E-state index contributed by atoms with van der Waals surface area (Å²) in [5, 5.41) is -0.774. The Balaban J connectivity index is 1.96. The molecule has 7 nitrogen and oxygen atoms in total. The van der Waals surface area contributed by atoms with E-state index in [4.69, 9.17) is 5.53 Å². The van der Waals surface area contributed by atoms with Crippen LogP contribution in [-0.4, -0.2) is 42.3 Å².